The van der Waals surface area contributed by atoms with Gasteiger partial charge in [0.2, 0.25) is 0 Å². The lowest BCUT2D eigenvalue weighted by Gasteiger charge is -2.08. The summed E-state index contributed by atoms with van der Waals surface area (Å²) in [7, 11) is 0. The highest BCUT2D eigenvalue weighted by Crippen LogP contribution is 2.42. The molecule has 0 saturated heterocycles. The van der Waals surface area contributed by atoms with Crippen molar-refractivity contribution in [1.82, 2.24) is 15.1 Å². The third kappa shape index (κ3) is 4.27. The zero-order valence-corrected chi connectivity index (χ0v) is 17.4. The third-order valence-corrected chi connectivity index (χ3v) is 5.72. The number of rotatable bonds is 5. The van der Waals surface area contributed by atoms with Crippen LogP contribution in [0.25, 0.3) is 11.3 Å². The molecule has 31 heavy (non-hydrogen) atoms. The fourth-order valence-electron chi connectivity index (χ4n) is 3.45. The number of aromatic hydroxyl groups is 1. The molecule has 1 heterocycles. The Morgan fingerprint density at radius 2 is 1.77 bits per heavy atom. The number of hydrogen-bond donors (Lipinski definition) is 3. The first-order chi connectivity index (χ1) is 15.0. The Hall–Kier alpha value is -3.32. The largest absolute Gasteiger partial charge is 0.507 e. The van der Waals surface area contributed by atoms with Crippen molar-refractivity contribution in [3.05, 3.63) is 64.8 Å². The van der Waals surface area contributed by atoms with Gasteiger partial charge in [-0.15, -0.1) is 0 Å². The molecule has 1 aromatic heterocycles. The highest BCUT2D eigenvalue weighted by molar-refractivity contribution is 6.30. The van der Waals surface area contributed by atoms with Gasteiger partial charge in [0.15, 0.2) is 0 Å². The fraction of sp³-hybridized carbons (Fsp3) is 0.261. The lowest BCUT2D eigenvalue weighted by Crippen LogP contribution is -2.32. The van der Waals surface area contributed by atoms with Crippen LogP contribution in [0.1, 0.15) is 47.7 Å². The molecule has 0 radical (unpaired) electrons. The van der Waals surface area contributed by atoms with Crippen molar-refractivity contribution in [3.63, 3.8) is 0 Å². The molecule has 2 aliphatic carbocycles. The molecule has 0 aliphatic heterocycles. The third-order valence-electron chi connectivity index (χ3n) is 5.47. The summed E-state index contributed by atoms with van der Waals surface area (Å²) in [5.74, 6) is -0.00403. The maximum atomic E-state index is 12.6. The van der Waals surface area contributed by atoms with E-state index < -0.39 is 0 Å². The Labute approximate surface area is 184 Å². The topological polar surface area (TPSA) is 96.3 Å². The van der Waals surface area contributed by atoms with Crippen molar-refractivity contribution in [2.75, 3.05) is 5.32 Å². The number of nitrogens with zero attached hydrogens (tertiary/aromatic N) is 2. The van der Waals surface area contributed by atoms with Crippen LogP contribution in [0.4, 0.5) is 10.5 Å². The van der Waals surface area contributed by atoms with Crippen molar-refractivity contribution < 1.29 is 14.7 Å². The van der Waals surface area contributed by atoms with E-state index in [1.807, 2.05) is 6.07 Å². The van der Waals surface area contributed by atoms with Crippen LogP contribution in [0, 0.1) is 0 Å². The first-order valence-electron chi connectivity index (χ1n) is 10.3. The van der Waals surface area contributed by atoms with Crippen molar-refractivity contribution in [1.29, 1.82) is 0 Å². The molecule has 8 heteroatoms. The molecule has 0 spiro atoms. The summed E-state index contributed by atoms with van der Waals surface area (Å²) in [6.07, 6.45) is 4.07. The Kier molecular flexibility index (Phi) is 4.90. The van der Waals surface area contributed by atoms with E-state index in [2.05, 4.69) is 15.7 Å². The van der Waals surface area contributed by atoms with Gasteiger partial charge in [0.05, 0.1) is 11.4 Å². The number of halogens is 1. The Morgan fingerprint density at radius 1 is 1.03 bits per heavy atom. The molecule has 2 amide bonds. The summed E-state index contributed by atoms with van der Waals surface area (Å²) in [5.41, 5.74) is 2.81. The quantitative estimate of drug-likeness (QED) is 0.537. The summed E-state index contributed by atoms with van der Waals surface area (Å²) >= 11 is 5.86. The fourth-order valence-corrected chi connectivity index (χ4v) is 3.58. The number of aromatic nitrogens is 2. The lowest BCUT2D eigenvalue weighted by atomic mass is 10.1. The van der Waals surface area contributed by atoms with Crippen molar-refractivity contribution in [3.8, 4) is 17.0 Å². The average Bonchev–Trinajstić information content (AvgIpc) is 3.68. The molecule has 3 N–H and O–H groups in total. The van der Waals surface area contributed by atoms with Gasteiger partial charge in [-0.25, -0.2) is 4.79 Å². The minimum atomic E-state index is -0.305. The van der Waals surface area contributed by atoms with Crippen LogP contribution in [0.15, 0.2) is 48.5 Å². The van der Waals surface area contributed by atoms with Gasteiger partial charge in [-0.1, -0.05) is 11.6 Å². The van der Waals surface area contributed by atoms with Crippen LogP contribution >= 0.6 is 11.6 Å². The van der Waals surface area contributed by atoms with E-state index in [1.54, 1.807) is 36.4 Å². The predicted molar refractivity (Wildman–Crippen MR) is 118 cm³/mol. The number of carbonyl (C=O) groups excluding carboxylic acids is 2. The van der Waals surface area contributed by atoms with Crippen LogP contribution in [0.5, 0.6) is 5.75 Å². The Morgan fingerprint density at radius 3 is 2.42 bits per heavy atom. The number of anilines is 1. The molecule has 2 fully saturated rings. The van der Waals surface area contributed by atoms with Gasteiger partial charge in [-0.2, -0.15) is 9.78 Å². The predicted octanol–water partition coefficient (Wildman–Crippen LogP) is 4.76. The van der Waals surface area contributed by atoms with E-state index in [1.165, 1.54) is 10.7 Å². The summed E-state index contributed by atoms with van der Waals surface area (Å²) in [6.45, 7) is 0. The molecule has 2 aromatic carbocycles. The van der Waals surface area contributed by atoms with Gasteiger partial charge in [0.1, 0.15) is 5.75 Å². The average molecular weight is 437 g/mol. The summed E-state index contributed by atoms with van der Waals surface area (Å²) in [6, 6.07) is 13.3. The minimum Gasteiger partial charge on any atom is -0.507 e. The second kappa shape index (κ2) is 7.74. The van der Waals surface area contributed by atoms with Gasteiger partial charge < -0.3 is 15.7 Å². The number of phenols is 1. The number of carbonyl (C=O) groups is 2. The first-order valence-corrected chi connectivity index (χ1v) is 10.7. The van der Waals surface area contributed by atoms with Crippen molar-refractivity contribution >= 4 is 29.2 Å². The summed E-state index contributed by atoms with van der Waals surface area (Å²) in [4.78, 5) is 25.0. The maximum absolute atomic E-state index is 12.6. The first kappa shape index (κ1) is 19.6. The van der Waals surface area contributed by atoms with Crippen LogP contribution in [-0.4, -0.2) is 32.9 Å². The SMILES string of the molecule is O=C(Nc1ccc(-c2cc(C3CC3)n(C(=O)NC3CC3)n2)c(O)c1)c1ccc(Cl)cc1. The van der Waals surface area contributed by atoms with E-state index in [4.69, 9.17) is 11.6 Å². The number of hydrogen-bond acceptors (Lipinski definition) is 4. The molecule has 7 nitrogen and oxygen atoms in total. The molecule has 5 rings (SSSR count). The van der Waals surface area contributed by atoms with E-state index >= 15 is 0 Å². The highest BCUT2D eigenvalue weighted by atomic mass is 35.5. The second-order valence-electron chi connectivity index (χ2n) is 8.06. The van der Waals surface area contributed by atoms with E-state index in [9.17, 15) is 14.7 Å². The zero-order chi connectivity index (χ0) is 21.5. The molecule has 2 aliphatic rings. The van der Waals surface area contributed by atoms with Crippen LogP contribution in [0.3, 0.4) is 0 Å². The van der Waals surface area contributed by atoms with Crippen LogP contribution in [0.2, 0.25) is 5.02 Å². The Bertz CT molecular complexity index is 1160. The maximum Gasteiger partial charge on any atom is 0.342 e. The van der Waals surface area contributed by atoms with Gasteiger partial charge >= 0.3 is 6.03 Å². The van der Waals surface area contributed by atoms with Crippen LogP contribution in [-0.2, 0) is 0 Å². The minimum absolute atomic E-state index is 0.0245. The smallest absolute Gasteiger partial charge is 0.342 e. The van der Waals surface area contributed by atoms with Crippen molar-refractivity contribution in [2.24, 2.45) is 0 Å². The van der Waals surface area contributed by atoms with Gasteiger partial charge in [0, 0.05) is 39.9 Å². The molecule has 0 atom stereocenters. The Balaban J connectivity index is 1.37. The van der Waals surface area contributed by atoms with E-state index in [-0.39, 0.29) is 23.7 Å². The summed E-state index contributed by atoms with van der Waals surface area (Å²) in [5, 5.41) is 21.3. The van der Waals surface area contributed by atoms with Gasteiger partial charge in [-0.3, -0.25) is 4.79 Å². The summed E-state index contributed by atoms with van der Waals surface area (Å²) < 4.78 is 1.43. The molecular formula is C23H21ClN4O3. The highest BCUT2D eigenvalue weighted by Gasteiger charge is 2.32. The number of phenolic OH excluding ortho intramolecular Hbond substituents is 1. The molecule has 158 valence electrons. The van der Waals surface area contributed by atoms with E-state index in [0.717, 1.165) is 31.4 Å². The number of nitrogens with one attached hydrogen (secondary N) is 2. The van der Waals surface area contributed by atoms with Gasteiger partial charge in [0.25, 0.3) is 5.91 Å². The number of amides is 2. The normalized spacial score (nSPS) is 15.5. The second-order valence-corrected chi connectivity index (χ2v) is 8.49. The van der Waals surface area contributed by atoms with E-state index in [0.29, 0.717) is 33.4 Å². The monoisotopic (exact) mass is 436 g/mol. The lowest BCUT2D eigenvalue weighted by molar-refractivity contribution is 0.102. The zero-order valence-electron chi connectivity index (χ0n) is 16.6. The molecule has 3 aromatic rings. The van der Waals surface area contributed by atoms with Crippen LogP contribution < -0.4 is 10.6 Å². The van der Waals surface area contributed by atoms with Crippen molar-refractivity contribution in [2.45, 2.75) is 37.6 Å². The molecule has 0 bridgehead atoms. The number of benzene rings is 2. The standard InChI is InChI=1S/C23H21ClN4O3/c24-15-5-3-14(4-6-15)22(30)25-17-9-10-18(21(29)11-17)19-12-20(13-1-2-13)28(27-19)23(31)26-16-7-8-16/h3-6,9-13,16,29H,1-2,7-8H2,(H,25,30)(H,26,31). The molecule has 0 unspecified atom stereocenters. The molecular weight excluding hydrogens is 416 g/mol. The molecule has 2 saturated carbocycles. The van der Waals surface area contributed by atoms with Gasteiger partial charge in [-0.05, 0) is 68.1 Å².